The van der Waals surface area contributed by atoms with Gasteiger partial charge in [0.15, 0.2) is 0 Å². The molecular formula is C44H28. The van der Waals surface area contributed by atoms with Gasteiger partial charge in [-0.2, -0.15) is 0 Å². The summed E-state index contributed by atoms with van der Waals surface area (Å²) in [6.45, 7) is 0. The number of benzene rings is 8. The smallest absolute Gasteiger partial charge is 0.0619 e. The van der Waals surface area contributed by atoms with Crippen LogP contribution in [0, 0.1) is 0 Å². The maximum absolute atomic E-state index is 2.47. The molecule has 0 N–H and O–H groups in total. The van der Waals surface area contributed by atoms with E-state index in [2.05, 4.69) is 158 Å². The van der Waals surface area contributed by atoms with Crippen LogP contribution in [0.3, 0.4) is 0 Å². The minimum absolute atomic E-state index is 0.277. The van der Waals surface area contributed by atoms with Gasteiger partial charge in [-0.05, 0) is 94.4 Å². The molecule has 1 spiro atoms. The van der Waals surface area contributed by atoms with Crippen molar-refractivity contribution >= 4 is 32.3 Å². The molecule has 0 unspecified atom stereocenters. The number of rotatable bonds is 2. The maximum atomic E-state index is 2.47. The molecular weight excluding hydrogens is 528 g/mol. The predicted molar refractivity (Wildman–Crippen MR) is 185 cm³/mol. The van der Waals surface area contributed by atoms with E-state index in [1.807, 2.05) is 0 Å². The zero-order valence-electron chi connectivity index (χ0n) is 24.2. The molecule has 0 radical (unpaired) electrons. The van der Waals surface area contributed by atoms with Gasteiger partial charge in [0.1, 0.15) is 0 Å². The molecule has 2 aliphatic rings. The Morgan fingerprint density at radius 3 is 1.25 bits per heavy atom. The lowest BCUT2D eigenvalue weighted by Crippen LogP contribution is -2.25. The molecule has 10 rings (SSSR count). The van der Waals surface area contributed by atoms with Crippen molar-refractivity contribution in [1.82, 2.24) is 0 Å². The Hall–Kier alpha value is -5.46. The van der Waals surface area contributed by atoms with Gasteiger partial charge in [-0.1, -0.05) is 158 Å². The van der Waals surface area contributed by atoms with Crippen molar-refractivity contribution in [3.05, 3.63) is 191 Å². The molecule has 0 atom stereocenters. The van der Waals surface area contributed by atoms with Crippen LogP contribution in [0.25, 0.3) is 54.6 Å². The third-order valence-corrected chi connectivity index (χ3v) is 10.3. The second-order valence-electron chi connectivity index (χ2n) is 12.4. The van der Waals surface area contributed by atoms with Crippen LogP contribution in [-0.4, -0.2) is 0 Å². The molecule has 0 heteroatoms. The van der Waals surface area contributed by atoms with Gasteiger partial charge in [-0.25, -0.2) is 0 Å². The average Bonchev–Trinajstić information content (AvgIpc) is 3.55. The fraction of sp³-hybridized carbons (Fsp3) is 0.0455. The topological polar surface area (TPSA) is 0 Å². The Morgan fingerprint density at radius 1 is 0.295 bits per heavy atom. The first-order valence-electron chi connectivity index (χ1n) is 15.6. The van der Waals surface area contributed by atoms with Gasteiger partial charge in [0.25, 0.3) is 0 Å². The first-order valence-corrected chi connectivity index (χ1v) is 15.6. The molecule has 8 aromatic rings. The zero-order chi connectivity index (χ0) is 28.8. The van der Waals surface area contributed by atoms with Crippen LogP contribution < -0.4 is 0 Å². The number of hydrogen-bond donors (Lipinski definition) is 0. The molecule has 0 fully saturated rings. The quantitative estimate of drug-likeness (QED) is 0.186. The van der Waals surface area contributed by atoms with Crippen molar-refractivity contribution in [2.24, 2.45) is 0 Å². The first kappa shape index (κ1) is 24.0. The molecule has 44 heavy (non-hydrogen) atoms. The average molecular weight is 557 g/mol. The van der Waals surface area contributed by atoms with Gasteiger partial charge >= 0.3 is 0 Å². The summed E-state index contributed by atoms with van der Waals surface area (Å²) in [5, 5.41) is 7.96. The molecule has 0 heterocycles. The van der Waals surface area contributed by atoms with E-state index in [9.17, 15) is 0 Å². The largest absolute Gasteiger partial charge is 0.0725 e. The Morgan fingerprint density at radius 2 is 0.682 bits per heavy atom. The molecule has 0 bridgehead atoms. The van der Waals surface area contributed by atoms with Crippen LogP contribution in [-0.2, 0) is 11.8 Å². The first-order chi connectivity index (χ1) is 21.8. The van der Waals surface area contributed by atoms with Crippen LogP contribution in [0.2, 0.25) is 0 Å². The SMILES string of the molecule is c1ccc2c(c1)-c1ccccc1C21c2ccccc2-c2cc(Cc3ccc4c5ccccc5c5ccccc5c4c3)ccc21. The highest BCUT2D eigenvalue weighted by Gasteiger charge is 2.51. The summed E-state index contributed by atoms with van der Waals surface area (Å²) >= 11 is 0. The van der Waals surface area contributed by atoms with Crippen molar-refractivity contribution in [1.29, 1.82) is 0 Å². The van der Waals surface area contributed by atoms with E-state index >= 15 is 0 Å². The predicted octanol–water partition coefficient (Wildman–Crippen LogP) is 11.1. The molecule has 0 saturated heterocycles. The van der Waals surface area contributed by atoms with Crippen LogP contribution >= 0.6 is 0 Å². The second kappa shape index (κ2) is 8.78. The second-order valence-corrected chi connectivity index (χ2v) is 12.4. The normalized spacial score (nSPS) is 13.7. The third-order valence-electron chi connectivity index (χ3n) is 10.3. The highest BCUT2D eigenvalue weighted by Crippen LogP contribution is 2.62. The van der Waals surface area contributed by atoms with E-state index in [4.69, 9.17) is 0 Å². The molecule has 0 aliphatic heterocycles. The van der Waals surface area contributed by atoms with E-state index in [1.54, 1.807) is 0 Å². The van der Waals surface area contributed by atoms with Gasteiger partial charge in [0.05, 0.1) is 5.41 Å². The van der Waals surface area contributed by atoms with Gasteiger partial charge in [-0.3, -0.25) is 0 Å². The zero-order valence-corrected chi connectivity index (χ0v) is 24.2. The van der Waals surface area contributed by atoms with Crippen molar-refractivity contribution in [2.75, 3.05) is 0 Å². The Kier molecular flexibility index (Phi) is 4.80. The highest BCUT2D eigenvalue weighted by atomic mass is 14.5. The molecule has 2 aliphatic carbocycles. The molecule has 0 aromatic heterocycles. The molecule has 8 aromatic carbocycles. The van der Waals surface area contributed by atoms with Gasteiger partial charge in [0.2, 0.25) is 0 Å². The number of fused-ring (bicyclic) bond motifs is 16. The Balaban J connectivity index is 1.15. The van der Waals surface area contributed by atoms with Crippen molar-refractivity contribution in [3.63, 3.8) is 0 Å². The summed E-state index contributed by atoms with van der Waals surface area (Å²) in [6.07, 6.45) is 0.896. The monoisotopic (exact) mass is 556 g/mol. The molecule has 204 valence electrons. The fourth-order valence-corrected chi connectivity index (χ4v) is 8.56. The molecule has 0 saturated carbocycles. The van der Waals surface area contributed by atoms with Gasteiger partial charge < -0.3 is 0 Å². The van der Waals surface area contributed by atoms with Crippen molar-refractivity contribution in [3.8, 4) is 22.3 Å². The third kappa shape index (κ3) is 3.02. The summed E-state index contributed by atoms with van der Waals surface area (Å²) in [4.78, 5) is 0. The van der Waals surface area contributed by atoms with Gasteiger partial charge in [0, 0.05) is 0 Å². The van der Waals surface area contributed by atoms with Crippen LogP contribution in [0.5, 0.6) is 0 Å². The lowest BCUT2D eigenvalue weighted by Gasteiger charge is -2.30. The minimum Gasteiger partial charge on any atom is -0.0619 e. The van der Waals surface area contributed by atoms with E-state index in [0.717, 1.165) is 6.42 Å². The Bertz CT molecular complexity index is 2400. The van der Waals surface area contributed by atoms with E-state index in [0.29, 0.717) is 0 Å². The van der Waals surface area contributed by atoms with E-state index in [1.165, 1.54) is 88.0 Å². The molecule has 0 nitrogen and oxygen atoms in total. The number of hydrogen-bond acceptors (Lipinski definition) is 0. The van der Waals surface area contributed by atoms with Crippen LogP contribution in [0.15, 0.2) is 158 Å². The summed E-state index contributed by atoms with van der Waals surface area (Å²) < 4.78 is 0. The summed E-state index contributed by atoms with van der Waals surface area (Å²) in [6, 6.07) is 59.1. The standard InChI is InChI=1S/C44H28/c1-2-13-32-30(11-1)31-12-3-4-14-33(31)38-26-28(21-23-34(32)38)25-29-22-24-43-39(27-29)37-17-7-10-20-42(37)44(43)40-18-8-5-15-35(40)36-16-6-9-19-41(36)44/h1-24,26-27H,25H2. The lowest BCUT2D eigenvalue weighted by atomic mass is 9.70. The summed E-state index contributed by atoms with van der Waals surface area (Å²) in [7, 11) is 0. The Labute approximate surface area is 256 Å². The summed E-state index contributed by atoms with van der Waals surface area (Å²) in [5.41, 5.74) is 13.4. The lowest BCUT2D eigenvalue weighted by molar-refractivity contribution is 0.793. The maximum Gasteiger partial charge on any atom is 0.0725 e. The fourth-order valence-electron chi connectivity index (χ4n) is 8.56. The minimum atomic E-state index is -0.277. The summed E-state index contributed by atoms with van der Waals surface area (Å²) in [5.74, 6) is 0. The van der Waals surface area contributed by atoms with E-state index < -0.39 is 0 Å². The molecule has 0 amide bonds. The van der Waals surface area contributed by atoms with Gasteiger partial charge in [-0.15, -0.1) is 0 Å². The van der Waals surface area contributed by atoms with Crippen molar-refractivity contribution in [2.45, 2.75) is 11.8 Å². The van der Waals surface area contributed by atoms with Crippen molar-refractivity contribution < 1.29 is 0 Å². The van der Waals surface area contributed by atoms with E-state index in [-0.39, 0.29) is 5.41 Å². The van der Waals surface area contributed by atoms with Crippen LogP contribution in [0.4, 0.5) is 0 Å². The van der Waals surface area contributed by atoms with Crippen LogP contribution in [0.1, 0.15) is 33.4 Å². The highest BCUT2D eigenvalue weighted by molar-refractivity contribution is 6.25.